The zero-order valence-electron chi connectivity index (χ0n) is 27.6. The molecule has 0 radical (unpaired) electrons. The second-order valence-corrected chi connectivity index (χ2v) is 15.0. The van der Waals surface area contributed by atoms with Crippen molar-refractivity contribution in [1.29, 1.82) is 0 Å². The smallest absolute Gasteiger partial charge is 0.345 e. The molecule has 0 bridgehead atoms. The van der Waals surface area contributed by atoms with Gasteiger partial charge in [0.1, 0.15) is 31.1 Å². The molecule has 1 aromatic rings. The Bertz CT molecular complexity index is 1770. The van der Waals surface area contributed by atoms with Crippen LogP contribution in [0.15, 0.2) is 43.4 Å². The standard InChI is InChI=1S/C32H32N2O12S3/c1-8-46-15-9-10-17-16(13-15)21-26(31(2,3)34(17)20(37)14-33-18(35)11-12-19(33)36)47-23(28(39)43-5)22(27(38)42-4)32(21)48-24(29(40)44-6)25(49-32)30(41)45-7/h9-10,13H,8,11-12,14H2,1-7H3. The fourth-order valence-corrected chi connectivity index (χ4v) is 11.1. The first kappa shape index (κ1) is 36.1. The number of methoxy groups -OCH3 is 4. The van der Waals surface area contributed by atoms with E-state index < -0.39 is 57.8 Å². The van der Waals surface area contributed by atoms with Crippen molar-refractivity contribution in [1.82, 2.24) is 4.90 Å². The van der Waals surface area contributed by atoms with Crippen molar-refractivity contribution in [3.8, 4) is 5.75 Å². The number of hydrogen-bond acceptors (Lipinski definition) is 15. The van der Waals surface area contributed by atoms with Crippen molar-refractivity contribution in [2.24, 2.45) is 0 Å². The van der Waals surface area contributed by atoms with Gasteiger partial charge in [-0.05, 0) is 39.0 Å². The Hall–Kier alpha value is -4.22. The van der Waals surface area contributed by atoms with Crippen molar-refractivity contribution in [3.05, 3.63) is 49.0 Å². The number of nitrogens with zero attached hydrogens (tertiary/aromatic N) is 2. The van der Waals surface area contributed by atoms with E-state index in [1.165, 1.54) is 4.90 Å². The largest absolute Gasteiger partial charge is 0.494 e. The third kappa shape index (κ3) is 5.80. The van der Waals surface area contributed by atoms with Gasteiger partial charge >= 0.3 is 23.9 Å². The second kappa shape index (κ2) is 13.6. The van der Waals surface area contributed by atoms with Crippen LogP contribution >= 0.6 is 35.3 Å². The monoisotopic (exact) mass is 732 g/mol. The SMILES string of the molecule is CCOc1ccc2c(c1)C1=C(SC(C(=O)OC)=C(C(=O)OC)C13SC(C(=O)OC)=C(C(=O)OC)S3)C(C)(C)N2C(=O)CN1C(=O)CCC1=O. The molecule has 14 nitrogen and oxygen atoms in total. The van der Waals surface area contributed by atoms with E-state index in [1.54, 1.807) is 39.0 Å². The van der Waals surface area contributed by atoms with Gasteiger partial charge in [-0.1, -0.05) is 35.3 Å². The highest BCUT2D eigenvalue weighted by Gasteiger charge is 2.62. The molecule has 5 rings (SSSR count). The molecule has 0 aromatic heterocycles. The maximum absolute atomic E-state index is 14.3. The highest BCUT2D eigenvalue weighted by Crippen LogP contribution is 2.71. The number of imide groups is 1. The van der Waals surface area contributed by atoms with E-state index in [-0.39, 0.29) is 39.7 Å². The molecule has 49 heavy (non-hydrogen) atoms. The average Bonchev–Trinajstić information content (AvgIpc) is 3.62. The van der Waals surface area contributed by atoms with Gasteiger partial charge in [-0.2, -0.15) is 0 Å². The molecule has 0 atom stereocenters. The summed E-state index contributed by atoms with van der Waals surface area (Å²) in [5, 5.41) is 0. The maximum atomic E-state index is 14.3. The van der Waals surface area contributed by atoms with Gasteiger partial charge in [-0.3, -0.25) is 19.3 Å². The quantitative estimate of drug-likeness (QED) is 0.217. The first-order valence-electron chi connectivity index (χ1n) is 14.8. The molecule has 0 saturated carbocycles. The zero-order valence-corrected chi connectivity index (χ0v) is 30.0. The van der Waals surface area contributed by atoms with E-state index in [0.29, 0.717) is 27.5 Å². The molecule has 1 spiro atoms. The lowest BCUT2D eigenvalue weighted by molar-refractivity contribution is -0.142. The fraction of sp³-hybridized carbons (Fsp3) is 0.406. The molecule has 0 aliphatic carbocycles. The van der Waals surface area contributed by atoms with Crippen LogP contribution < -0.4 is 9.64 Å². The first-order chi connectivity index (χ1) is 23.2. The molecule has 1 saturated heterocycles. The number of carbonyl (C=O) groups excluding carboxylic acids is 7. The number of rotatable bonds is 8. The molecule has 17 heteroatoms. The maximum Gasteiger partial charge on any atom is 0.345 e. The Morgan fingerprint density at radius 3 is 1.84 bits per heavy atom. The van der Waals surface area contributed by atoms with Crippen LogP contribution in [0.3, 0.4) is 0 Å². The van der Waals surface area contributed by atoms with Crippen molar-refractivity contribution in [2.75, 3.05) is 46.5 Å². The van der Waals surface area contributed by atoms with E-state index in [9.17, 15) is 33.6 Å². The number of amides is 3. The fourth-order valence-electron chi connectivity index (χ4n) is 6.00. The Kier molecular flexibility index (Phi) is 10.0. The topological polar surface area (TPSA) is 172 Å². The molecule has 0 N–H and O–H groups in total. The van der Waals surface area contributed by atoms with Crippen molar-refractivity contribution in [3.63, 3.8) is 0 Å². The van der Waals surface area contributed by atoms with Crippen LogP contribution in [-0.4, -0.2) is 97.7 Å². The molecule has 1 fully saturated rings. The number of benzene rings is 1. The minimum absolute atomic E-state index is 0.00638. The predicted octanol–water partition coefficient (Wildman–Crippen LogP) is 3.15. The van der Waals surface area contributed by atoms with Crippen LogP contribution in [0, 0.1) is 0 Å². The van der Waals surface area contributed by atoms with Crippen molar-refractivity contribution in [2.45, 2.75) is 43.2 Å². The summed E-state index contributed by atoms with van der Waals surface area (Å²) >= 11 is 2.46. The Balaban J connectivity index is 1.85. The highest BCUT2D eigenvalue weighted by molar-refractivity contribution is 8.26. The number of esters is 4. The van der Waals surface area contributed by atoms with E-state index in [1.807, 2.05) is 0 Å². The van der Waals surface area contributed by atoms with Gasteiger partial charge in [-0.15, -0.1) is 0 Å². The molecule has 0 unspecified atom stereocenters. The van der Waals surface area contributed by atoms with E-state index >= 15 is 0 Å². The van der Waals surface area contributed by atoms with Gasteiger partial charge in [0.05, 0.1) is 51.8 Å². The Labute approximate surface area is 293 Å². The minimum atomic E-state index is -1.78. The van der Waals surface area contributed by atoms with Crippen LogP contribution in [0.4, 0.5) is 5.69 Å². The number of thioether (sulfide) groups is 3. The van der Waals surface area contributed by atoms with Gasteiger partial charge in [0.2, 0.25) is 17.7 Å². The lowest BCUT2D eigenvalue weighted by Gasteiger charge is -2.51. The third-order valence-electron chi connectivity index (χ3n) is 8.12. The zero-order chi connectivity index (χ0) is 36.0. The summed E-state index contributed by atoms with van der Waals surface area (Å²) in [6.45, 7) is 4.92. The summed E-state index contributed by atoms with van der Waals surface area (Å²) in [7, 11) is 4.51. The van der Waals surface area contributed by atoms with Gasteiger partial charge in [0.15, 0.2) is 0 Å². The number of fused-ring (bicyclic) bond motifs is 3. The number of likely N-dealkylation sites (tertiary alicyclic amines) is 1. The van der Waals surface area contributed by atoms with Gasteiger partial charge < -0.3 is 28.6 Å². The molecule has 4 heterocycles. The van der Waals surface area contributed by atoms with E-state index in [0.717, 1.165) is 68.6 Å². The molecule has 4 aliphatic heterocycles. The Morgan fingerprint density at radius 1 is 0.796 bits per heavy atom. The number of carbonyl (C=O) groups is 7. The highest BCUT2D eigenvalue weighted by atomic mass is 32.2. The normalized spacial score (nSPS) is 19.2. The number of anilines is 1. The van der Waals surface area contributed by atoms with Crippen LogP contribution in [0.5, 0.6) is 5.75 Å². The number of ether oxygens (including phenoxy) is 5. The predicted molar refractivity (Wildman–Crippen MR) is 180 cm³/mol. The molecule has 260 valence electrons. The number of hydrogen-bond donors (Lipinski definition) is 0. The first-order valence-corrected chi connectivity index (χ1v) is 17.2. The summed E-state index contributed by atoms with van der Waals surface area (Å²) in [5.74, 6) is -4.81. The van der Waals surface area contributed by atoms with Crippen molar-refractivity contribution < 1.29 is 57.2 Å². The van der Waals surface area contributed by atoms with E-state index in [2.05, 4.69) is 0 Å². The Morgan fingerprint density at radius 2 is 1.33 bits per heavy atom. The molecular weight excluding hydrogens is 701 g/mol. The molecule has 1 aromatic carbocycles. The van der Waals surface area contributed by atoms with Crippen molar-refractivity contribution >= 4 is 88.1 Å². The lowest BCUT2D eigenvalue weighted by atomic mass is 9.83. The van der Waals surface area contributed by atoms with Crippen LogP contribution in [0.2, 0.25) is 0 Å². The minimum Gasteiger partial charge on any atom is -0.494 e. The molecular formula is C32H32N2O12S3. The summed E-state index contributed by atoms with van der Waals surface area (Å²) in [4.78, 5) is 95.3. The van der Waals surface area contributed by atoms with Crippen LogP contribution in [0.25, 0.3) is 5.57 Å². The summed E-state index contributed by atoms with van der Waals surface area (Å²) in [6.07, 6.45) is -0.0128. The third-order valence-corrected chi connectivity index (χ3v) is 12.8. The average molecular weight is 733 g/mol. The molecule has 3 amide bonds. The van der Waals surface area contributed by atoms with Crippen LogP contribution in [-0.2, 0) is 52.5 Å². The summed E-state index contributed by atoms with van der Waals surface area (Å²) < 4.78 is 24.4. The van der Waals surface area contributed by atoms with Gasteiger partial charge in [-0.25, -0.2) is 19.2 Å². The second-order valence-electron chi connectivity index (χ2n) is 11.2. The van der Waals surface area contributed by atoms with E-state index in [4.69, 9.17) is 23.7 Å². The summed E-state index contributed by atoms with van der Waals surface area (Å²) in [6, 6.07) is 4.92. The van der Waals surface area contributed by atoms with Gasteiger partial charge in [0.25, 0.3) is 0 Å². The summed E-state index contributed by atoms with van der Waals surface area (Å²) in [5.41, 5.74) is -0.537. The molecule has 4 aliphatic rings. The lowest BCUT2D eigenvalue weighted by Crippen LogP contribution is -2.56. The van der Waals surface area contributed by atoms with Gasteiger partial charge in [0, 0.05) is 28.9 Å². The van der Waals surface area contributed by atoms with Crippen LogP contribution in [0.1, 0.15) is 39.2 Å².